The van der Waals surface area contributed by atoms with Gasteiger partial charge in [-0.1, -0.05) is 31.5 Å². The number of halogens is 1. The van der Waals surface area contributed by atoms with Crippen LogP contribution < -0.4 is 10.6 Å². The summed E-state index contributed by atoms with van der Waals surface area (Å²) in [6, 6.07) is 6.29. The molecule has 0 aliphatic heterocycles. The van der Waals surface area contributed by atoms with Crippen molar-refractivity contribution in [3.63, 3.8) is 0 Å². The maximum atomic E-state index is 6.28. The number of hydrogen-bond donors (Lipinski definition) is 1. The maximum absolute atomic E-state index is 6.28. The summed E-state index contributed by atoms with van der Waals surface area (Å²) >= 11 is 6.28. The van der Waals surface area contributed by atoms with Gasteiger partial charge in [0.1, 0.15) is 0 Å². The molecule has 1 aliphatic carbocycles. The average Bonchev–Trinajstić information content (AvgIpc) is 2.28. The van der Waals surface area contributed by atoms with E-state index in [4.69, 9.17) is 17.3 Å². The van der Waals surface area contributed by atoms with Gasteiger partial charge in [-0.05, 0) is 43.2 Å². The smallest absolute Gasteiger partial charge is 0.0789 e. The lowest BCUT2D eigenvalue weighted by Gasteiger charge is -2.40. The third-order valence-electron chi connectivity index (χ3n) is 4.23. The maximum Gasteiger partial charge on any atom is 0.0789 e. The van der Waals surface area contributed by atoms with Crippen LogP contribution in [-0.2, 0) is 0 Å². The number of nitrogens with two attached hydrogens (primary N) is 1. The van der Waals surface area contributed by atoms with Gasteiger partial charge < -0.3 is 10.6 Å². The molecule has 0 unspecified atom stereocenters. The number of hydrogen-bond acceptors (Lipinski definition) is 2. The molecule has 0 heterocycles. The predicted molar refractivity (Wildman–Crippen MR) is 80.3 cm³/mol. The van der Waals surface area contributed by atoms with E-state index >= 15 is 0 Å². The van der Waals surface area contributed by atoms with Crippen LogP contribution in [0.4, 0.5) is 11.4 Å². The van der Waals surface area contributed by atoms with E-state index in [1.165, 1.54) is 25.7 Å². The first-order chi connectivity index (χ1) is 8.41. The van der Waals surface area contributed by atoms with Crippen molar-refractivity contribution in [2.75, 3.05) is 17.7 Å². The van der Waals surface area contributed by atoms with E-state index in [-0.39, 0.29) is 0 Å². The second kappa shape index (κ2) is 5.00. The summed E-state index contributed by atoms with van der Waals surface area (Å²) in [4.78, 5) is 2.27. The highest BCUT2D eigenvalue weighted by Crippen LogP contribution is 2.40. The highest BCUT2D eigenvalue weighted by Gasteiger charge is 2.29. The van der Waals surface area contributed by atoms with E-state index in [0.717, 1.165) is 16.4 Å². The molecule has 1 saturated carbocycles. The summed E-state index contributed by atoms with van der Waals surface area (Å²) in [6.07, 6.45) is 4.97. The highest BCUT2D eigenvalue weighted by molar-refractivity contribution is 6.34. The normalized spacial score (nSPS) is 19.8. The molecule has 1 aliphatic rings. The molecule has 3 heteroatoms. The number of anilines is 2. The standard InChI is InChI=1S/C15H23ClN2/c1-15(2)9-7-11(8-10-15)18(3)14-12(16)5-4-6-13(14)17/h4-6,11H,7-10,17H2,1-3H3. The Bertz CT molecular complexity index is 398. The molecule has 2 N–H and O–H groups in total. The van der Waals surface area contributed by atoms with Crippen LogP contribution in [0.2, 0.25) is 5.02 Å². The zero-order chi connectivity index (χ0) is 13.3. The second-order valence-corrected chi connectivity index (χ2v) is 6.59. The van der Waals surface area contributed by atoms with Crippen molar-refractivity contribution < 1.29 is 0 Å². The monoisotopic (exact) mass is 266 g/mol. The number of nitrogen functional groups attached to an aromatic ring is 1. The molecule has 1 aromatic carbocycles. The van der Waals surface area contributed by atoms with E-state index in [1.54, 1.807) is 0 Å². The first-order valence-corrected chi connectivity index (χ1v) is 7.05. The van der Waals surface area contributed by atoms with Crippen LogP contribution in [0.3, 0.4) is 0 Å². The first kappa shape index (κ1) is 13.5. The Labute approximate surface area is 115 Å². The molecule has 1 aromatic rings. The number of benzene rings is 1. The zero-order valence-corrected chi connectivity index (χ0v) is 12.3. The summed E-state index contributed by atoms with van der Waals surface area (Å²) in [5.41, 5.74) is 8.31. The third kappa shape index (κ3) is 2.74. The summed E-state index contributed by atoms with van der Waals surface area (Å²) in [6.45, 7) is 4.71. The largest absolute Gasteiger partial charge is 0.397 e. The van der Waals surface area contributed by atoms with Crippen LogP contribution in [0.25, 0.3) is 0 Å². The number of rotatable bonds is 2. The van der Waals surface area contributed by atoms with Gasteiger partial charge >= 0.3 is 0 Å². The van der Waals surface area contributed by atoms with Gasteiger partial charge in [-0.3, -0.25) is 0 Å². The van der Waals surface area contributed by atoms with Crippen LogP contribution in [0.5, 0.6) is 0 Å². The number of nitrogens with zero attached hydrogens (tertiary/aromatic N) is 1. The molecular weight excluding hydrogens is 244 g/mol. The van der Waals surface area contributed by atoms with Gasteiger partial charge in [-0.2, -0.15) is 0 Å². The minimum absolute atomic E-state index is 0.489. The fourth-order valence-electron chi connectivity index (χ4n) is 2.86. The van der Waals surface area contributed by atoms with Crippen molar-refractivity contribution in [3.05, 3.63) is 23.2 Å². The molecule has 2 rings (SSSR count). The SMILES string of the molecule is CN(c1c(N)cccc1Cl)C1CCC(C)(C)CC1. The van der Waals surface area contributed by atoms with Crippen molar-refractivity contribution in [1.82, 2.24) is 0 Å². The van der Waals surface area contributed by atoms with E-state index in [9.17, 15) is 0 Å². The molecule has 0 aromatic heterocycles. The van der Waals surface area contributed by atoms with Crippen molar-refractivity contribution in [2.45, 2.75) is 45.6 Å². The van der Waals surface area contributed by atoms with E-state index in [2.05, 4.69) is 25.8 Å². The molecule has 100 valence electrons. The molecule has 2 nitrogen and oxygen atoms in total. The predicted octanol–water partition coefficient (Wildman–Crippen LogP) is 4.33. The van der Waals surface area contributed by atoms with Crippen molar-refractivity contribution in [3.8, 4) is 0 Å². The molecule has 0 saturated heterocycles. The van der Waals surface area contributed by atoms with Crippen molar-refractivity contribution in [2.24, 2.45) is 5.41 Å². The fraction of sp³-hybridized carbons (Fsp3) is 0.600. The van der Waals surface area contributed by atoms with E-state index < -0.39 is 0 Å². The van der Waals surface area contributed by atoms with Crippen molar-refractivity contribution in [1.29, 1.82) is 0 Å². The van der Waals surface area contributed by atoms with Gasteiger partial charge in [0.2, 0.25) is 0 Å². The van der Waals surface area contributed by atoms with Crippen LogP contribution in [-0.4, -0.2) is 13.1 Å². The minimum atomic E-state index is 0.489. The van der Waals surface area contributed by atoms with Crippen molar-refractivity contribution >= 4 is 23.0 Å². The molecule has 0 spiro atoms. The Balaban J connectivity index is 2.15. The van der Waals surface area contributed by atoms with Crippen LogP contribution >= 0.6 is 11.6 Å². The van der Waals surface area contributed by atoms with Gasteiger partial charge in [0.05, 0.1) is 16.4 Å². The zero-order valence-electron chi connectivity index (χ0n) is 11.5. The lowest BCUT2D eigenvalue weighted by molar-refractivity contribution is 0.222. The summed E-state index contributed by atoms with van der Waals surface area (Å²) in [5, 5.41) is 0.752. The van der Waals surface area contributed by atoms with Gasteiger partial charge in [0, 0.05) is 13.1 Å². The molecule has 0 radical (unpaired) electrons. The van der Waals surface area contributed by atoms with E-state index in [1.807, 2.05) is 18.2 Å². The summed E-state index contributed by atoms with van der Waals surface area (Å²) in [5.74, 6) is 0. The molecule has 1 fully saturated rings. The molecular formula is C15H23ClN2. The van der Waals surface area contributed by atoms with Gasteiger partial charge in [0.15, 0.2) is 0 Å². The van der Waals surface area contributed by atoms with E-state index in [0.29, 0.717) is 11.5 Å². The molecule has 18 heavy (non-hydrogen) atoms. The summed E-state index contributed by atoms with van der Waals surface area (Å²) in [7, 11) is 2.11. The first-order valence-electron chi connectivity index (χ1n) is 6.67. The summed E-state index contributed by atoms with van der Waals surface area (Å²) < 4.78 is 0. The molecule has 0 bridgehead atoms. The molecule has 0 amide bonds. The Kier molecular flexibility index (Phi) is 3.76. The Morgan fingerprint density at radius 3 is 2.44 bits per heavy atom. The Morgan fingerprint density at radius 1 is 1.28 bits per heavy atom. The minimum Gasteiger partial charge on any atom is -0.397 e. The van der Waals surface area contributed by atoms with Crippen LogP contribution in [0.15, 0.2) is 18.2 Å². The lowest BCUT2D eigenvalue weighted by Crippen LogP contribution is -2.37. The highest BCUT2D eigenvalue weighted by atomic mass is 35.5. The average molecular weight is 267 g/mol. The Morgan fingerprint density at radius 2 is 1.89 bits per heavy atom. The van der Waals surface area contributed by atoms with Gasteiger partial charge in [-0.15, -0.1) is 0 Å². The molecule has 0 atom stereocenters. The second-order valence-electron chi connectivity index (χ2n) is 6.18. The fourth-order valence-corrected chi connectivity index (χ4v) is 3.17. The van der Waals surface area contributed by atoms with Gasteiger partial charge in [-0.25, -0.2) is 0 Å². The number of para-hydroxylation sites is 1. The third-order valence-corrected chi connectivity index (χ3v) is 4.53. The quantitative estimate of drug-likeness (QED) is 0.808. The van der Waals surface area contributed by atoms with Crippen LogP contribution in [0, 0.1) is 5.41 Å². The lowest BCUT2D eigenvalue weighted by atomic mass is 9.75. The Hall–Kier alpha value is -0.890. The van der Waals surface area contributed by atoms with Gasteiger partial charge in [0.25, 0.3) is 0 Å². The topological polar surface area (TPSA) is 29.3 Å². The van der Waals surface area contributed by atoms with Crippen LogP contribution in [0.1, 0.15) is 39.5 Å².